The summed E-state index contributed by atoms with van der Waals surface area (Å²) in [5, 5.41) is 5.52. The summed E-state index contributed by atoms with van der Waals surface area (Å²) < 4.78 is 27.3. The van der Waals surface area contributed by atoms with E-state index in [4.69, 9.17) is 43.6 Å². The van der Waals surface area contributed by atoms with E-state index in [0.29, 0.717) is 87.9 Å². The zero-order valence-electron chi connectivity index (χ0n) is 26.0. The molecule has 14 nitrogen and oxygen atoms in total. The fraction of sp³-hybridized carbons (Fsp3) is 0.679. The van der Waals surface area contributed by atoms with Crippen molar-refractivity contribution in [1.82, 2.24) is 24.9 Å². The number of thiazole rings is 1. The van der Waals surface area contributed by atoms with Gasteiger partial charge in [-0.05, 0) is 12.8 Å². The molecule has 4 heterocycles. The number of aromatic nitrogens is 5. The predicted octanol–water partition coefficient (Wildman–Crippen LogP) is 2.30. The molecular weight excluding hydrogens is 574 g/mol. The molecule has 1 fully saturated rings. The Morgan fingerprint density at radius 2 is 1.35 bits per heavy atom. The molecule has 0 atom stereocenters. The third kappa shape index (κ3) is 9.03. The summed E-state index contributed by atoms with van der Waals surface area (Å²) >= 11 is 1.56. The van der Waals surface area contributed by atoms with Crippen LogP contribution < -0.4 is 20.0 Å². The van der Waals surface area contributed by atoms with Crippen molar-refractivity contribution < 1.29 is 23.7 Å². The van der Waals surface area contributed by atoms with Crippen LogP contribution in [0.15, 0.2) is 10.9 Å². The lowest BCUT2D eigenvalue weighted by atomic mass is 10.1. The highest BCUT2D eigenvalue weighted by Crippen LogP contribution is 2.33. The SMILES string of the molecule is COCCN(CCOC)c1nc(N2CCC(OC)CC2)c2nc(N(CCOC)CCOC)nc(NCc3cscn3)c2n1. The summed E-state index contributed by atoms with van der Waals surface area (Å²) in [5.74, 6) is 2.52. The number of nitrogens with zero attached hydrogens (tertiary/aromatic N) is 8. The van der Waals surface area contributed by atoms with Crippen molar-refractivity contribution in [3.05, 3.63) is 16.6 Å². The molecule has 1 N–H and O–H groups in total. The smallest absolute Gasteiger partial charge is 0.228 e. The first-order chi connectivity index (χ1) is 21.1. The predicted molar refractivity (Wildman–Crippen MR) is 169 cm³/mol. The maximum atomic E-state index is 5.66. The quantitative estimate of drug-likeness (QED) is 0.210. The Balaban J connectivity index is 1.87. The van der Waals surface area contributed by atoms with Gasteiger partial charge in [0.05, 0.1) is 50.3 Å². The van der Waals surface area contributed by atoms with Crippen molar-refractivity contribution in [2.45, 2.75) is 25.5 Å². The molecule has 1 aliphatic heterocycles. The second-order valence-electron chi connectivity index (χ2n) is 10.1. The number of methoxy groups -OCH3 is 5. The topological polar surface area (TPSA) is 132 Å². The average molecular weight is 620 g/mol. The van der Waals surface area contributed by atoms with Crippen molar-refractivity contribution in [1.29, 1.82) is 0 Å². The van der Waals surface area contributed by atoms with E-state index >= 15 is 0 Å². The van der Waals surface area contributed by atoms with Crippen LogP contribution in [0.1, 0.15) is 18.5 Å². The van der Waals surface area contributed by atoms with E-state index in [1.807, 2.05) is 10.9 Å². The largest absolute Gasteiger partial charge is 0.383 e. The summed E-state index contributed by atoms with van der Waals surface area (Å²) in [4.78, 5) is 31.2. The molecular formula is C28H45N9O5S. The third-order valence-electron chi connectivity index (χ3n) is 7.32. The monoisotopic (exact) mass is 619 g/mol. The second-order valence-corrected chi connectivity index (χ2v) is 10.8. The minimum absolute atomic E-state index is 0.225. The highest BCUT2D eigenvalue weighted by Gasteiger charge is 2.27. The summed E-state index contributed by atoms with van der Waals surface area (Å²) in [6, 6.07) is 0. The number of fused-ring (bicyclic) bond motifs is 1. The van der Waals surface area contributed by atoms with E-state index in [2.05, 4.69) is 25.0 Å². The van der Waals surface area contributed by atoms with E-state index in [1.54, 1.807) is 46.9 Å². The number of ether oxygens (including phenoxy) is 5. The normalized spacial score (nSPS) is 14.0. The zero-order chi connectivity index (χ0) is 30.4. The zero-order valence-corrected chi connectivity index (χ0v) is 26.8. The maximum Gasteiger partial charge on any atom is 0.228 e. The first kappa shape index (κ1) is 33.0. The molecule has 0 unspecified atom stereocenters. The molecule has 4 rings (SSSR count). The van der Waals surface area contributed by atoms with Crippen molar-refractivity contribution in [2.75, 3.05) is 121 Å². The van der Waals surface area contributed by atoms with Gasteiger partial charge in [0.15, 0.2) is 11.6 Å². The average Bonchev–Trinajstić information content (AvgIpc) is 3.57. The number of nitrogens with one attached hydrogen (secondary N) is 1. The number of anilines is 4. The van der Waals surface area contributed by atoms with Gasteiger partial charge in [-0.1, -0.05) is 0 Å². The highest BCUT2D eigenvalue weighted by atomic mass is 32.1. The van der Waals surface area contributed by atoms with Crippen molar-refractivity contribution >= 4 is 45.9 Å². The van der Waals surface area contributed by atoms with Gasteiger partial charge < -0.3 is 43.7 Å². The summed E-state index contributed by atoms with van der Waals surface area (Å²) in [6.07, 6.45) is 2.02. The van der Waals surface area contributed by atoms with E-state index in [-0.39, 0.29) is 6.10 Å². The van der Waals surface area contributed by atoms with E-state index in [1.165, 1.54) is 0 Å². The molecule has 0 radical (unpaired) electrons. The van der Waals surface area contributed by atoms with Crippen LogP contribution in [0.4, 0.5) is 23.5 Å². The molecule has 15 heteroatoms. The van der Waals surface area contributed by atoms with Gasteiger partial charge in [0.2, 0.25) is 11.9 Å². The summed E-state index contributed by atoms with van der Waals surface area (Å²) in [7, 11) is 8.53. The lowest BCUT2D eigenvalue weighted by Gasteiger charge is -2.33. The molecule has 43 heavy (non-hydrogen) atoms. The Bertz CT molecular complexity index is 1220. The van der Waals surface area contributed by atoms with Crippen molar-refractivity contribution in [3.8, 4) is 0 Å². The highest BCUT2D eigenvalue weighted by molar-refractivity contribution is 7.07. The Kier molecular flexibility index (Phi) is 13.3. The minimum Gasteiger partial charge on any atom is -0.383 e. The third-order valence-corrected chi connectivity index (χ3v) is 7.96. The van der Waals surface area contributed by atoms with Gasteiger partial charge in [-0.2, -0.15) is 9.97 Å². The van der Waals surface area contributed by atoms with Gasteiger partial charge in [-0.25, -0.2) is 15.0 Å². The Hall–Kier alpha value is -2.95. The number of piperidine rings is 1. The lowest BCUT2D eigenvalue weighted by molar-refractivity contribution is 0.0818. The summed E-state index contributed by atoms with van der Waals surface area (Å²) in [5.41, 5.74) is 4.07. The van der Waals surface area contributed by atoms with Crippen LogP contribution in [-0.2, 0) is 30.2 Å². The molecule has 3 aromatic heterocycles. The first-order valence-electron chi connectivity index (χ1n) is 14.6. The minimum atomic E-state index is 0.225. The number of rotatable bonds is 19. The molecule has 3 aromatic rings. The second kappa shape index (κ2) is 17.4. The van der Waals surface area contributed by atoms with Gasteiger partial charge in [0, 0.05) is 80.2 Å². The van der Waals surface area contributed by atoms with Gasteiger partial charge in [0.1, 0.15) is 11.0 Å². The standard InChI is InChI=1S/C28H45N9O5S/c1-38-14-10-36(11-15-39-2)27-32-24-23(25(33-27)29-18-21-19-43-20-30-21)31-28(37(12-16-40-3)13-17-41-4)34-26(24)35-8-6-22(42-5)7-9-35/h19-20,22H,6-18H2,1-5H3,(H,29,32,33). The fourth-order valence-electron chi connectivity index (χ4n) is 4.84. The van der Waals surface area contributed by atoms with E-state index < -0.39 is 0 Å². The molecule has 238 valence electrons. The summed E-state index contributed by atoms with van der Waals surface area (Å²) in [6.45, 7) is 6.60. The van der Waals surface area contributed by atoms with Crippen LogP contribution in [0, 0.1) is 0 Å². The molecule has 1 saturated heterocycles. The Morgan fingerprint density at radius 1 is 0.791 bits per heavy atom. The molecule has 0 saturated carbocycles. The van der Waals surface area contributed by atoms with Crippen LogP contribution in [0.2, 0.25) is 0 Å². The van der Waals surface area contributed by atoms with Crippen LogP contribution in [0.5, 0.6) is 0 Å². The molecule has 1 aliphatic rings. The maximum absolute atomic E-state index is 5.66. The molecule has 0 amide bonds. The molecule has 0 bridgehead atoms. The first-order valence-corrected chi connectivity index (χ1v) is 15.5. The van der Waals surface area contributed by atoms with Crippen LogP contribution in [0.3, 0.4) is 0 Å². The van der Waals surface area contributed by atoms with Gasteiger partial charge in [-0.15, -0.1) is 11.3 Å². The Morgan fingerprint density at radius 3 is 1.86 bits per heavy atom. The van der Waals surface area contributed by atoms with Gasteiger partial charge >= 0.3 is 0 Å². The lowest BCUT2D eigenvalue weighted by Crippen LogP contribution is -2.38. The number of hydrogen-bond donors (Lipinski definition) is 1. The molecule has 0 spiro atoms. The van der Waals surface area contributed by atoms with E-state index in [0.717, 1.165) is 37.4 Å². The van der Waals surface area contributed by atoms with Crippen LogP contribution in [-0.4, -0.2) is 132 Å². The van der Waals surface area contributed by atoms with Crippen LogP contribution in [0.25, 0.3) is 11.0 Å². The molecule has 0 aliphatic carbocycles. The fourth-order valence-corrected chi connectivity index (χ4v) is 5.39. The molecule has 0 aromatic carbocycles. The van der Waals surface area contributed by atoms with Gasteiger partial charge in [0.25, 0.3) is 0 Å². The Labute approximate surface area is 257 Å². The van der Waals surface area contributed by atoms with E-state index in [9.17, 15) is 0 Å². The van der Waals surface area contributed by atoms with Crippen molar-refractivity contribution in [2.24, 2.45) is 0 Å². The van der Waals surface area contributed by atoms with Crippen LogP contribution >= 0.6 is 11.3 Å². The number of hydrogen-bond acceptors (Lipinski definition) is 15. The van der Waals surface area contributed by atoms with Crippen molar-refractivity contribution in [3.63, 3.8) is 0 Å². The van der Waals surface area contributed by atoms with Gasteiger partial charge in [-0.3, -0.25) is 0 Å².